The number of amides is 1. The summed E-state index contributed by atoms with van der Waals surface area (Å²) in [7, 11) is 0. The molecule has 1 aromatic heterocycles. The molecule has 21 heavy (non-hydrogen) atoms. The van der Waals surface area contributed by atoms with Crippen molar-refractivity contribution in [2.24, 2.45) is 5.92 Å². The van der Waals surface area contributed by atoms with Gasteiger partial charge in [-0.2, -0.15) is 0 Å². The molecule has 0 spiro atoms. The Kier molecular flexibility index (Phi) is 3.68. The fraction of sp³-hybridized carbons (Fsp3) is 0.375. The van der Waals surface area contributed by atoms with Crippen molar-refractivity contribution in [3.8, 4) is 0 Å². The molecule has 1 saturated heterocycles. The van der Waals surface area contributed by atoms with E-state index in [9.17, 15) is 14.7 Å². The molecule has 1 aliphatic rings. The summed E-state index contributed by atoms with van der Waals surface area (Å²) >= 11 is 1.65. The van der Waals surface area contributed by atoms with Crippen molar-refractivity contribution in [3.05, 3.63) is 35.2 Å². The molecule has 1 aromatic carbocycles. The van der Waals surface area contributed by atoms with Crippen LogP contribution in [0.25, 0.3) is 10.1 Å². The van der Waals surface area contributed by atoms with Crippen molar-refractivity contribution in [2.75, 3.05) is 6.54 Å². The standard InChI is InChI=1S/C16H17NO3S/c1-10-13(16(19)20)3-2-7-17(10)15(18)12-4-5-14-11(9-12)6-8-21-14/h4-6,8-10,13H,2-3,7H2,1H3,(H,19,20)/t10-,13-/m1/s1. The highest BCUT2D eigenvalue weighted by atomic mass is 32.1. The average Bonchev–Trinajstić information content (AvgIpc) is 2.93. The van der Waals surface area contributed by atoms with E-state index in [0.717, 1.165) is 16.5 Å². The van der Waals surface area contributed by atoms with Crippen LogP contribution in [0, 0.1) is 5.92 Å². The zero-order valence-electron chi connectivity index (χ0n) is 11.8. The Morgan fingerprint density at radius 3 is 2.90 bits per heavy atom. The Hall–Kier alpha value is -1.88. The highest BCUT2D eigenvalue weighted by Gasteiger charge is 2.35. The highest BCUT2D eigenvalue weighted by Crippen LogP contribution is 2.27. The number of fused-ring (bicyclic) bond motifs is 1. The number of carbonyl (C=O) groups excluding carboxylic acids is 1. The number of nitrogens with zero attached hydrogens (tertiary/aromatic N) is 1. The van der Waals surface area contributed by atoms with Gasteiger partial charge in [0.05, 0.1) is 5.92 Å². The van der Waals surface area contributed by atoms with Gasteiger partial charge in [0.25, 0.3) is 5.91 Å². The molecule has 2 heterocycles. The maximum Gasteiger partial charge on any atom is 0.308 e. The number of likely N-dealkylation sites (tertiary alicyclic amines) is 1. The molecule has 2 atom stereocenters. The third-order valence-corrected chi connectivity index (χ3v) is 5.16. The fourth-order valence-corrected chi connectivity index (χ4v) is 3.80. The van der Waals surface area contributed by atoms with Gasteiger partial charge >= 0.3 is 5.97 Å². The summed E-state index contributed by atoms with van der Waals surface area (Å²) < 4.78 is 1.15. The molecule has 4 nitrogen and oxygen atoms in total. The monoisotopic (exact) mass is 303 g/mol. The molecule has 1 aliphatic heterocycles. The summed E-state index contributed by atoms with van der Waals surface area (Å²) in [5, 5.41) is 12.3. The van der Waals surface area contributed by atoms with Gasteiger partial charge in [0.1, 0.15) is 0 Å². The van der Waals surface area contributed by atoms with Crippen LogP contribution in [0.15, 0.2) is 29.6 Å². The maximum atomic E-state index is 12.7. The third kappa shape index (κ3) is 2.53. The van der Waals surface area contributed by atoms with Gasteiger partial charge in [-0.3, -0.25) is 9.59 Å². The lowest BCUT2D eigenvalue weighted by atomic mass is 9.90. The van der Waals surface area contributed by atoms with Crippen LogP contribution in [-0.2, 0) is 4.79 Å². The fourth-order valence-electron chi connectivity index (χ4n) is 3.03. The highest BCUT2D eigenvalue weighted by molar-refractivity contribution is 7.17. The minimum atomic E-state index is -0.812. The first kappa shape index (κ1) is 14.1. The second-order valence-electron chi connectivity index (χ2n) is 5.50. The first-order valence-electron chi connectivity index (χ1n) is 7.09. The number of carboxylic acid groups (broad SMARTS) is 1. The number of piperidine rings is 1. The molecule has 1 fully saturated rings. The first-order valence-corrected chi connectivity index (χ1v) is 7.97. The predicted octanol–water partition coefficient (Wildman–Crippen LogP) is 3.23. The van der Waals surface area contributed by atoms with E-state index in [0.29, 0.717) is 18.5 Å². The molecule has 0 unspecified atom stereocenters. The summed E-state index contributed by atoms with van der Waals surface area (Å²) in [4.78, 5) is 25.7. The van der Waals surface area contributed by atoms with E-state index < -0.39 is 11.9 Å². The topological polar surface area (TPSA) is 57.6 Å². The molecular weight excluding hydrogens is 286 g/mol. The number of hydrogen-bond acceptors (Lipinski definition) is 3. The molecule has 5 heteroatoms. The second-order valence-corrected chi connectivity index (χ2v) is 6.45. The molecule has 2 aromatic rings. The van der Waals surface area contributed by atoms with Crippen LogP contribution < -0.4 is 0 Å². The molecule has 0 bridgehead atoms. The number of carboxylic acids is 1. The first-order chi connectivity index (χ1) is 10.1. The van der Waals surface area contributed by atoms with Crippen molar-refractivity contribution < 1.29 is 14.7 Å². The summed E-state index contributed by atoms with van der Waals surface area (Å²) in [6.45, 7) is 2.46. The van der Waals surface area contributed by atoms with Crippen LogP contribution in [-0.4, -0.2) is 34.5 Å². The molecule has 1 N–H and O–H groups in total. The summed E-state index contributed by atoms with van der Waals surface area (Å²) in [5.41, 5.74) is 0.638. The van der Waals surface area contributed by atoms with Crippen molar-refractivity contribution in [1.29, 1.82) is 0 Å². The summed E-state index contributed by atoms with van der Waals surface area (Å²) in [6.07, 6.45) is 1.39. The summed E-state index contributed by atoms with van der Waals surface area (Å²) in [5.74, 6) is -1.34. The van der Waals surface area contributed by atoms with Crippen molar-refractivity contribution in [2.45, 2.75) is 25.8 Å². The van der Waals surface area contributed by atoms with Crippen LogP contribution in [0.4, 0.5) is 0 Å². The lowest BCUT2D eigenvalue weighted by Gasteiger charge is -2.37. The molecule has 0 radical (unpaired) electrons. The second kappa shape index (κ2) is 5.48. The number of rotatable bonds is 2. The lowest BCUT2D eigenvalue weighted by Crippen LogP contribution is -2.49. The Labute approximate surface area is 127 Å². The van der Waals surface area contributed by atoms with Crippen molar-refractivity contribution in [3.63, 3.8) is 0 Å². The zero-order chi connectivity index (χ0) is 15.0. The van der Waals surface area contributed by atoms with Crippen LogP contribution in [0.2, 0.25) is 0 Å². The van der Waals surface area contributed by atoms with Crippen molar-refractivity contribution >= 4 is 33.3 Å². The van der Waals surface area contributed by atoms with Crippen LogP contribution in [0.3, 0.4) is 0 Å². The Morgan fingerprint density at radius 2 is 2.14 bits per heavy atom. The number of hydrogen-bond donors (Lipinski definition) is 1. The SMILES string of the molecule is C[C@@H]1[C@H](C(=O)O)CCCN1C(=O)c1ccc2sccc2c1. The van der Waals surface area contributed by atoms with Gasteiger partial charge in [0, 0.05) is 22.8 Å². The van der Waals surface area contributed by atoms with E-state index in [2.05, 4.69) is 0 Å². The molecular formula is C16H17NO3S. The van der Waals surface area contributed by atoms with Gasteiger partial charge in [-0.15, -0.1) is 11.3 Å². The van der Waals surface area contributed by atoms with Gasteiger partial charge in [-0.1, -0.05) is 0 Å². The van der Waals surface area contributed by atoms with Gasteiger partial charge in [0.15, 0.2) is 0 Å². The molecule has 1 amide bonds. The normalized spacial score (nSPS) is 22.4. The third-order valence-electron chi connectivity index (χ3n) is 4.27. The largest absolute Gasteiger partial charge is 0.481 e. The molecule has 110 valence electrons. The van der Waals surface area contributed by atoms with E-state index in [4.69, 9.17) is 0 Å². The lowest BCUT2D eigenvalue weighted by molar-refractivity contribution is -0.144. The molecule has 0 saturated carbocycles. The van der Waals surface area contributed by atoms with E-state index in [1.165, 1.54) is 0 Å². The van der Waals surface area contributed by atoms with Crippen LogP contribution >= 0.6 is 11.3 Å². The smallest absolute Gasteiger partial charge is 0.308 e. The van der Waals surface area contributed by atoms with E-state index in [-0.39, 0.29) is 11.9 Å². The van der Waals surface area contributed by atoms with E-state index in [1.807, 2.05) is 36.6 Å². The van der Waals surface area contributed by atoms with Gasteiger partial charge in [-0.05, 0) is 54.8 Å². The molecule has 0 aliphatic carbocycles. The van der Waals surface area contributed by atoms with E-state index >= 15 is 0 Å². The Balaban J connectivity index is 1.88. The quantitative estimate of drug-likeness (QED) is 0.926. The summed E-state index contributed by atoms with van der Waals surface area (Å²) in [6, 6.07) is 7.41. The Morgan fingerprint density at radius 1 is 1.33 bits per heavy atom. The number of thiophene rings is 1. The van der Waals surface area contributed by atoms with Crippen LogP contribution in [0.5, 0.6) is 0 Å². The van der Waals surface area contributed by atoms with Gasteiger partial charge < -0.3 is 10.0 Å². The predicted molar refractivity (Wildman–Crippen MR) is 82.7 cm³/mol. The minimum Gasteiger partial charge on any atom is -0.481 e. The number of benzene rings is 1. The minimum absolute atomic E-state index is 0.0680. The molecule has 3 rings (SSSR count). The Bertz CT molecular complexity index is 694. The van der Waals surface area contributed by atoms with Crippen molar-refractivity contribution in [1.82, 2.24) is 4.90 Å². The van der Waals surface area contributed by atoms with Gasteiger partial charge in [-0.25, -0.2) is 0 Å². The average molecular weight is 303 g/mol. The van der Waals surface area contributed by atoms with Gasteiger partial charge in [0.2, 0.25) is 0 Å². The van der Waals surface area contributed by atoms with Crippen LogP contribution in [0.1, 0.15) is 30.1 Å². The van der Waals surface area contributed by atoms with E-state index in [1.54, 1.807) is 16.2 Å². The number of aliphatic carboxylic acids is 1. The zero-order valence-corrected chi connectivity index (χ0v) is 12.6. The number of carbonyl (C=O) groups is 2. The maximum absolute atomic E-state index is 12.7.